The van der Waals surface area contributed by atoms with Crippen molar-refractivity contribution in [3.63, 3.8) is 0 Å². The summed E-state index contributed by atoms with van der Waals surface area (Å²) >= 11 is 0. The van der Waals surface area contributed by atoms with Gasteiger partial charge in [0.05, 0.1) is 12.6 Å². The van der Waals surface area contributed by atoms with Crippen molar-refractivity contribution in [3.05, 3.63) is 0 Å². The first-order valence-electron chi connectivity index (χ1n) is 7.49. The Kier molecular flexibility index (Phi) is 5.79. The topological polar surface area (TPSA) is 78.9 Å². The molecule has 0 aromatic rings. The largest absolute Gasteiger partial charge is 0.480 e. The Bertz CT molecular complexity index is 334. The van der Waals surface area contributed by atoms with Crippen LogP contribution in [0.1, 0.15) is 38.5 Å². The van der Waals surface area contributed by atoms with Gasteiger partial charge in [-0.2, -0.15) is 0 Å². The summed E-state index contributed by atoms with van der Waals surface area (Å²) in [6.07, 6.45) is 6.30. The maximum atomic E-state index is 12.1. The van der Waals surface area contributed by atoms with E-state index in [1.807, 2.05) is 4.90 Å². The third kappa shape index (κ3) is 4.76. The van der Waals surface area contributed by atoms with Crippen molar-refractivity contribution in [2.24, 2.45) is 0 Å². The number of carboxylic acid groups (broad SMARTS) is 1. The third-order valence-corrected chi connectivity index (χ3v) is 4.13. The Morgan fingerprint density at radius 3 is 2.40 bits per heavy atom. The molecule has 1 aliphatic carbocycles. The predicted octanol–water partition coefficient (Wildman–Crippen LogP) is 0.611. The van der Waals surface area contributed by atoms with Crippen LogP contribution in [0.3, 0.4) is 0 Å². The van der Waals surface area contributed by atoms with E-state index in [0.29, 0.717) is 25.7 Å². The second-order valence-corrected chi connectivity index (χ2v) is 5.65. The average Bonchev–Trinajstić information content (AvgIpc) is 2.96. The van der Waals surface area contributed by atoms with Crippen molar-refractivity contribution in [1.29, 1.82) is 0 Å². The van der Waals surface area contributed by atoms with Gasteiger partial charge in [-0.15, -0.1) is 0 Å². The van der Waals surface area contributed by atoms with E-state index in [1.165, 1.54) is 25.7 Å². The highest BCUT2D eigenvalue weighted by atomic mass is 16.5. The molecule has 2 fully saturated rings. The highest BCUT2D eigenvalue weighted by Crippen LogP contribution is 2.18. The van der Waals surface area contributed by atoms with Crippen molar-refractivity contribution in [2.45, 2.75) is 50.7 Å². The van der Waals surface area contributed by atoms with Crippen molar-refractivity contribution >= 4 is 11.9 Å². The summed E-state index contributed by atoms with van der Waals surface area (Å²) in [6.45, 7) is 1.50. The molecule has 0 unspecified atom stereocenters. The van der Waals surface area contributed by atoms with Crippen LogP contribution in [0.5, 0.6) is 0 Å². The lowest BCUT2D eigenvalue weighted by atomic mass is 10.1. The van der Waals surface area contributed by atoms with Crippen LogP contribution in [0.2, 0.25) is 0 Å². The van der Waals surface area contributed by atoms with Crippen LogP contribution < -0.4 is 5.32 Å². The van der Waals surface area contributed by atoms with E-state index >= 15 is 0 Å². The number of nitrogens with one attached hydrogen (secondary N) is 1. The lowest BCUT2D eigenvalue weighted by Gasteiger charge is -2.32. The standard InChI is InChI=1S/C14H24N2O4/c17-13(9-15-11-3-1-2-4-11)16-7-5-12(6-8-16)20-10-14(18)19/h11-12,15H,1-10H2,(H,18,19). The number of carbonyl (C=O) groups excluding carboxylic acids is 1. The molecular weight excluding hydrogens is 260 g/mol. The molecular formula is C14H24N2O4. The molecule has 0 radical (unpaired) electrons. The maximum Gasteiger partial charge on any atom is 0.329 e. The van der Waals surface area contributed by atoms with E-state index in [1.54, 1.807) is 0 Å². The van der Waals surface area contributed by atoms with Crippen LogP contribution in [0.4, 0.5) is 0 Å². The summed E-state index contributed by atoms with van der Waals surface area (Å²) in [7, 11) is 0. The number of nitrogens with zero attached hydrogens (tertiary/aromatic N) is 1. The van der Waals surface area contributed by atoms with E-state index in [4.69, 9.17) is 9.84 Å². The van der Waals surface area contributed by atoms with Gasteiger partial charge in [-0.05, 0) is 25.7 Å². The first kappa shape index (κ1) is 15.3. The van der Waals surface area contributed by atoms with Crippen molar-refractivity contribution in [2.75, 3.05) is 26.2 Å². The Hall–Kier alpha value is -1.14. The van der Waals surface area contributed by atoms with Crippen LogP contribution in [0, 0.1) is 0 Å². The van der Waals surface area contributed by atoms with Gasteiger partial charge in [-0.1, -0.05) is 12.8 Å². The number of rotatable bonds is 6. The summed E-state index contributed by atoms with van der Waals surface area (Å²) in [5.41, 5.74) is 0. The van der Waals surface area contributed by atoms with E-state index < -0.39 is 5.97 Å². The first-order valence-corrected chi connectivity index (χ1v) is 7.49. The Labute approximate surface area is 119 Å². The van der Waals surface area contributed by atoms with Gasteiger partial charge in [0, 0.05) is 19.1 Å². The molecule has 0 spiro atoms. The van der Waals surface area contributed by atoms with Gasteiger partial charge in [0.15, 0.2) is 0 Å². The van der Waals surface area contributed by atoms with Crippen molar-refractivity contribution < 1.29 is 19.4 Å². The first-order chi connectivity index (χ1) is 9.65. The lowest BCUT2D eigenvalue weighted by Crippen LogP contribution is -2.46. The molecule has 1 heterocycles. The number of hydrogen-bond acceptors (Lipinski definition) is 4. The minimum atomic E-state index is -0.940. The molecule has 1 saturated carbocycles. The number of carbonyl (C=O) groups is 2. The fourth-order valence-electron chi connectivity index (χ4n) is 2.93. The molecule has 0 bridgehead atoms. The molecule has 6 heteroatoms. The fourth-order valence-corrected chi connectivity index (χ4v) is 2.93. The number of likely N-dealkylation sites (tertiary alicyclic amines) is 1. The summed E-state index contributed by atoms with van der Waals surface area (Å²) in [5, 5.41) is 11.9. The molecule has 1 saturated heterocycles. The number of amides is 1. The van der Waals surface area contributed by atoms with Crippen LogP contribution >= 0.6 is 0 Å². The molecule has 114 valence electrons. The van der Waals surface area contributed by atoms with Gasteiger partial charge in [0.2, 0.25) is 5.91 Å². The minimum absolute atomic E-state index is 0.0297. The third-order valence-electron chi connectivity index (χ3n) is 4.13. The Morgan fingerprint density at radius 1 is 1.15 bits per heavy atom. The van der Waals surface area contributed by atoms with Gasteiger partial charge < -0.3 is 20.1 Å². The molecule has 2 N–H and O–H groups in total. The molecule has 0 aromatic heterocycles. The molecule has 1 amide bonds. The molecule has 0 atom stereocenters. The van der Waals surface area contributed by atoms with E-state index in [-0.39, 0.29) is 18.6 Å². The molecule has 0 aromatic carbocycles. The van der Waals surface area contributed by atoms with Crippen LogP contribution in [-0.2, 0) is 14.3 Å². The maximum absolute atomic E-state index is 12.1. The number of hydrogen-bond donors (Lipinski definition) is 2. The Balaban J connectivity index is 1.62. The highest BCUT2D eigenvalue weighted by molar-refractivity contribution is 5.78. The van der Waals surface area contributed by atoms with Gasteiger partial charge >= 0.3 is 5.97 Å². The zero-order chi connectivity index (χ0) is 14.4. The van der Waals surface area contributed by atoms with Gasteiger partial charge in [-0.3, -0.25) is 4.79 Å². The van der Waals surface area contributed by atoms with E-state index in [2.05, 4.69) is 5.32 Å². The smallest absolute Gasteiger partial charge is 0.329 e. The van der Waals surface area contributed by atoms with Crippen molar-refractivity contribution in [3.8, 4) is 0 Å². The lowest BCUT2D eigenvalue weighted by molar-refractivity contribution is -0.146. The predicted molar refractivity (Wildman–Crippen MR) is 73.4 cm³/mol. The highest BCUT2D eigenvalue weighted by Gasteiger charge is 2.24. The fraction of sp³-hybridized carbons (Fsp3) is 0.857. The van der Waals surface area contributed by atoms with Crippen LogP contribution in [-0.4, -0.2) is 60.3 Å². The summed E-state index contributed by atoms with van der Waals surface area (Å²) in [6, 6.07) is 0.510. The van der Waals surface area contributed by atoms with E-state index in [9.17, 15) is 9.59 Å². The zero-order valence-electron chi connectivity index (χ0n) is 11.8. The van der Waals surface area contributed by atoms with Gasteiger partial charge in [0.25, 0.3) is 0 Å². The quantitative estimate of drug-likeness (QED) is 0.747. The normalized spacial score (nSPS) is 21.3. The Morgan fingerprint density at radius 2 is 1.80 bits per heavy atom. The minimum Gasteiger partial charge on any atom is -0.480 e. The van der Waals surface area contributed by atoms with Crippen LogP contribution in [0.15, 0.2) is 0 Å². The second-order valence-electron chi connectivity index (χ2n) is 5.65. The monoisotopic (exact) mass is 284 g/mol. The number of piperidine rings is 1. The van der Waals surface area contributed by atoms with Gasteiger partial charge in [-0.25, -0.2) is 4.79 Å². The van der Waals surface area contributed by atoms with E-state index in [0.717, 1.165) is 12.8 Å². The molecule has 2 aliphatic rings. The SMILES string of the molecule is O=C(O)COC1CCN(C(=O)CNC2CCCC2)CC1. The number of carboxylic acids is 1. The second kappa shape index (κ2) is 7.59. The van der Waals surface area contributed by atoms with Crippen molar-refractivity contribution in [1.82, 2.24) is 10.2 Å². The average molecular weight is 284 g/mol. The van der Waals surface area contributed by atoms with Gasteiger partial charge in [0.1, 0.15) is 6.61 Å². The van der Waals surface area contributed by atoms with Crippen LogP contribution in [0.25, 0.3) is 0 Å². The molecule has 20 heavy (non-hydrogen) atoms. The summed E-state index contributed by atoms with van der Waals surface area (Å²) in [4.78, 5) is 24.3. The molecule has 6 nitrogen and oxygen atoms in total. The number of aliphatic carboxylic acids is 1. The summed E-state index contributed by atoms with van der Waals surface area (Å²) in [5.74, 6) is -0.794. The number of ether oxygens (including phenoxy) is 1. The molecule has 1 aliphatic heterocycles. The summed E-state index contributed by atoms with van der Waals surface area (Å²) < 4.78 is 5.26. The molecule has 2 rings (SSSR count). The zero-order valence-corrected chi connectivity index (χ0v) is 11.8.